The number of hydrogen-bond acceptors (Lipinski definition) is 3. The fourth-order valence-electron chi connectivity index (χ4n) is 3.38. The van der Waals surface area contributed by atoms with E-state index in [9.17, 15) is 4.79 Å². The van der Waals surface area contributed by atoms with Crippen LogP contribution in [0, 0.1) is 0 Å². The van der Waals surface area contributed by atoms with Crippen LogP contribution in [-0.4, -0.2) is 36.4 Å². The molecule has 0 fully saturated rings. The number of carbonyl (C=O) groups is 1. The molecule has 1 rings (SSSR count). The Balaban J connectivity index is 3.31. The summed E-state index contributed by atoms with van der Waals surface area (Å²) < 4.78 is 10.1. The second-order valence-electron chi connectivity index (χ2n) is 6.48. The monoisotopic (exact) mass is 427 g/mol. The molecule has 1 heterocycles. The number of ether oxygens (including phenoxy) is 1. The zero-order valence-corrected chi connectivity index (χ0v) is 18.2. The van der Waals surface area contributed by atoms with Crippen molar-refractivity contribution in [2.75, 3.05) is 7.11 Å². The zero-order valence-electron chi connectivity index (χ0n) is 15.4. The van der Waals surface area contributed by atoms with Crippen LogP contribution in [0.3, 0.4) is 0 Å². The van der Waals surface area contributed by atoms with Crippen molar-refractivity contribution in [2.45, 2.75) is 72.6 Å². The van der Waals surface area contributed by atoms with Gasteiger partial charge in [0.2, 0.25) is 0 Å². The van der Waals surface area contributed by atoms with E-state index in [1.807, 2.05) is 18.3 Å². The Morgan fingerprint density at radius 3 is 2.00 bits per heavy atom. The van der Waals surface area contributed by atoms with Gasteiger partial charge < -0.3 is 0 Å². The van der Waals surface area contributed by atoms with Crippen molar-refractivity contribution in [1.82, 2.24) is 4.98 Å². The molecule has 1 aromatic rings. The third-order valence-corrected chi connectivity index (χ3v) is 20.0. The van der Waals surface area contributed by atoms with Gasteiger partial charge in [-0.3, -0.25) is 0 Å². The van der Waals surface area contributed by atoms with Gasteiger partial charge in [0.1, 0.15) is 0 Å². The predicted octanol–water partition coefficient (Wildman–Crippen LogP) is 4.92. The van der Waals surface area contributed by atoms with Gasteiger partial charge in [0.25, 0.3) is 0 Å². The average molecular weight is 426 g/mol. The summed E-state index contributed by atoms with van der Waals surface area (Å²) in [5.74, 6) is -0.210. The standard InChI is InChI=1S/C7H6NO2.3C4H9.Sn/c1-10-7(9)6-3-2-4-8-5-6;3*1-3-4-2;/h2-4H,1H3;3*1,3-4H2,2H3;. The number of nitrogens with zero attached hydrogens (tertiary/aromatic N) is 1. The molecule has 0 radical (unpaired) electrons. The molecule has 3 nitrogen and oxygen atoms in total. The third-order valence-electron chi connectivity index (χ3n) is 4.74. The average Bonchev–Trinajstić information content (AvgIpc) is 2.61. The molecular formula is C19H33NO2Sn. The minimum atomic E-state index is -2.68. The van der Waals surface area contributed by atoms with E-state index in [0.29, 0.717) is 0 Å². The van der Waals surface area contributed by atoms with Crippen LogP contribution in [0.2, 0.25) is 13.3 Å². The molecule has 1 aromatic heterocycles. The maximum atomic E-state index is 12.3. The van der Waals surface area contributed by atoms with Gasteiger partial charge in [0.05, 0.1) is 0 Å². The van der Waals surface area contributed by atoms with Crippen molar-refractivity contribution < 1.29 is 9.53 Å². The molecule has 4 heteroatoms. The predicted molar refractivity (Wildman–Crippen MR) is 100 cm³/mol. The first-order valence-corrected chi connectivity index (χ1v) is 16.7. The van der Waals surface area contributed by atoms with Crippen LogP contribution in [0.4, 0.5) is 0 Å². The van der Waals surface area contributed by atoms with Crippen LogP contribution in [0.5, 0.6) is 0 Å². The van der Waals surface area contributed by atoms with Gasteiger partial charge >= 0.3 is 146 Å². The van der Waals surface area contributed by atoms with E-state index in [1.54, 1.807) is 0 Å². The van der Waals surface area contributed by atoms with Crippen molar-refractivity contribution in [2.24, 2.45) is 0 Å². The summed E-state index contributed by atoms with van der Waals surface area (Å²) in [6.45, 7) is 6.78. The summed E-state index contributed by atoms with van der Waals surface area (Å²) in [5.41, 5.74) is 0.745. The van der Waals surface area contributed by atoms with Gasteiger partial charge in [0, 0.05) is 0 Å². The van der Waals surface area contributed by atoms with E-state index in [0.717, 1.165) is 5.56 Å². The van der Waals surface area contributed by atoms with Crippen LogP contribution in [0.1, 0.15) is 69.7 Å². The van der Waals surface area contributed by atoms with Crippen LogP contribution in [-0.2, 0) is 4.74 Å². The Hall–Kier alpha value is -0.581. The van der Waals surface area contributed by atoms with Gasteiger partial charge in [-0.15, -0.1) is 0 Å². The number of pyridine rings is 1. The van der Waals surface area contributed by atoms with Gasteiger partial charge in [-0.2, -0.15) is 0 Å². The fourth-order valence-corrected chi connectivity index (χ4v) is 19.5. The van der Waals surface area contributed by atoms with Gasteiger partial charge in [-0.1, -0.05) is 0 Å². The molecule has 23 heavy (non-hydrogen) atoms. The van der Waals surface area contributed by atoms with E-state index in [1.165, 1.54) is 62.7 Å². The number of unbranched alkanes of at least 4 members (excludes halogenated alkanes) is 3. The molecule has 0 aliphatic rings. The van der Waals surface area contributed by atoms with Crippen molar-refractivity contribution >= 4 is 28.1 Å². The molecule has 0 saturated heterocycles. The molecule has 0 amide bonds. The Labute approximate surface area is 146 Å². The van der Waals surface area contributed by atoms with Crippen molar-refractivity contribution in [1.29, 1.82) is 0 Å². The Bertz CT molecular complexity index is 454. The molecule has 0 bridgehead atoms. The Morgan fingerprint density at radius 1 is 1.04 bits per heavy atom. The van der Waals surface area contributed by atoms with Crippen molar-refractivity contribution in [3.05, 3.63) is 23.9 Å². The maximum absolute atomic E-state index is 12.3. The van der Waals surface area contributed by atoms with E-state index >= 15 is 0 Å². The van der Waals surface area contributed by atoms with Crippen LogP contribution in [0.25, 0.3) is 0 Å². The first-order chi connectivity index (χ1) is 11.1. The van der Waals surface area contributed by atoms with E-state index in [4.69, 9.17) is 9.72 Å². The topological polar surface area (TPSA) is 39.2 Å². The Kier molecular flexibility index (Phi) is 9.84. The molecule has 130 valence electrons. The SMILES string of the molecule is CCC[CH2][Sn]([CH2]CCC)([CH2]CCC)[c]1ncccc1C(=O)OC. The molecule has 0 aliphatic heterocycles. The molecule has 0 spiro atoms. The number of esters is 1. The van der Waals surface area contributed by atoms with Crippen molar-refractivity contribution in [3.8, 4) is 0 Å². The first kappa shape index (κ1) is 20.5. The summed E-state index contributed by atoms with van der Waals surface area (Å²) in [4.78, 5) is 17.0. The van der Waals surface area contributed by atoms with E-state index in [2.05, 4.69) is 20.8 Å². The fraction of sp³-hybridized carbons (Fsp3) is 0.684. The van der Waals surface area contributed by atoms with Crippen LogP contribution in [0.15, 0.2) is 18.3 Å². The molecule has 0 atom stereocenters. The molecule has 0 N–H and O–H groups in total. The van der Waals surface area contributed by atoms with Crippen molar-refractivity contribution in [3.63, 3.8) is 0 Å². The summed E-state index contributed by atoms with van der Waals surface area (Å²) in [6, 6.07) is 3.79. The number of aromatic nitrogens is 1. The quantitative estimate of drug-likeness (QED) is 0.373. The number of hydrogen-bond donors (Lipinski definition) is 0. The molecule has 0 aliphatic carbocycles. The summed E-state index contributed by atoms with van der Waals surface area (Å²) in [6.07, 6.45) is 9.32. The van der Waals surface area contributed by atoms with Gasteiger partial charge in [-0.25, -0.2) is 0 Å². The molecule has 0 unspecified atom stereocenters. The van der Waals surface area contributed by atoms with Crippen LogP contribution < -0.4 is 3.71 Å². The van der Waals surface area contributed by atoms with Crippen LogP contribution >= 0.6 is 0 Å². The summed E-state index contributed by atoms with van der Waals surface area (Å²) in [7, 11) is 1.47. The Morgan fingerprint density at radius 2 is 1.57 bits per heavy atom. The second kappa shape index (κ2) is 11.1. The minimum absolute atomic E-state index is 0.210. The van der Waals surface area contributed by atoms with E-state index < -0.39 is 18.4 Å². The normalized spacial score (nSPS) is 11.5. The summed E-state index contributed by atoms with van der Waals surface area (Å²) >= 11 is -2.68. The number of rotatable bonds is 11. The molecule has 0 aromatic carbocycles. The van der Waals surface area contributed by atoms with Gasteiger partial charge in [-0.05, 0) is 0 Å². The molecule has 0 saturated carbocycles. The third kappa shape index (κ3) is 5.77. The second-order valence-corrected chi connectivity index (χ2v) is 19.4. The first-order valence-electron chi connectivity index (χ1n) is 9.19. The zero-order chi connectivity index (χ0) is 17.1. The number of carbonyl (C=O) groups excluding carboxylic acids is 1. The number of methoxy groups -OCH3 is 1. The summed E-state index contributed by atoms with van der Waals surface area (Å²) in [5, 5.41) is 0. The van der Waals surface area contributed by atoms with Gasteiger partial charge in [0.15, 0.2) is 0 Å². The molecular weight excluding hydrogens is 393 g/mol. The van der Waals surface area contributed by atoms with E-state index in [-0.39, 0.29) is 5.97 Å².